The van der Waals surface area contributed by atoms with Crippen molar-refractivity contribution < 1.29 is 4.79 Å². The SMILES string of the molecule is Cc1ccc(Cn2c3c(c(C)c2C(=O)NCCCN2CCCCC2C)CCCC3)cc1. The molecule has 1 atom stereocenters. The number of aromatic nitrogens is 1. The predicted octanol–water partition coefficient (Wildman–Crippen LogP) is 5.03. The number of benzene rings is 1. The fourth-order valence-electron chi connectivity index (χ4n) is 5.47. The van der Waals surface area contributed by atoms with Gasteiger partial charge in [-0.05, 0) is 89.0 Å². The van der Waals surface area contributed by atoms with Gasteiger partial charge in [0.05, 0.1) is 0 Å². The zero-order valence-electron chi connectivity index (χ0n) is 19.7. The third-order valence-electron chi connectivity index (χ3n) is 7.37. The molecule has 0 radical (unpaired) electrons. The summed E-state index contributed by atoms with van der Waals surface area (Å²) in [5.74, 6) is 0.103. The first-order valence-corrected chi connectivity index (χ1v) is 12.3. The fourth-order valence-corrected chi connectivity index (χ4v) is 5.47. The smallest absolute Gasteiger partial charge is 0.268 e. The second kappa shape index (κ2) is 10.0. The van der Waals surface area contributed by atoms with Crippen LogP contribution in [-0.2, 0) is 19.4 Å². The lowest BCUT2D eigenvalue weighted by Crippen LogP contribution is -2.39. The first-order chi connectivity index (χ1) is 15.0. The molecule has 2 aliphatic rings. The van der Waals surface area contributed by atoms with Crippen LogP contribution in [0.2, 0.25) is 0 Å². The van der Waals surface area contributed by atoms with Gasteiger partial charge in [-0.1, -0.05) is 36.2 Å². The number of hydrogen-bond acceptors (Lipinski definition) is 2. The van der Waals surface area contributed by atoms with E-state index in [1.165, 1.54) is 66.6 Å². The summed E-state index contributed by atoms with van der Waals surface area (Å²) < 4.78 is 2.32. The van der Waals surface area contributed by atoms with Gasteiger partial charge in [0.15, 0.2) is 0 Å². The van der Waals surface area contributed by atoms with Gasteiger partial charge in [-0.2, -0.15) is 0 Å². The van der Waals surface area contributed by atoms with Crippen molar-refractivity contribution in [3.8, 4) is 0 Å². The van der Waals surface area contributed by atoms with Gasteiger partial charge < -0.3 is 14.8 Å². The summed E-state index contributed by atoms with van der Waals surface area (Å²) in [6.07, 6.45) is 9.65. The molecule has 31 heavy (non-hydrogen) atoms. The molecule has 1 aromatic heterocycles. The van der Waals surface area contributed by atoms with E-state index in [4.69, 9.17) is 0 Å². The van der Waals surface area contributed by atoms with Crippen molar-refractivity contribution in [2.45, 2.75) is 84.7 Å². The molecule has 1 amide bonds. The van der Waals surface area contributed by atoms with Crippen molar-refractivity contribution in [3.63, 3.8) is 0 Å². The Kier molecular flexibility index (Phi) is 7.16. The molecule has 4 nitrogen and oxygen atoms in total. The molecular weight excluding hydrogens is 382 g/mol. The van der Waals surface area contributed by atoms with Gasteiger partial charge in [0.2, 0.25) is 0 Å². The van der Waals surface area contributed by atoms with Crippen LogP contribution in [0.5, 0.6) is 0 Å². The summed E-state index contributed by atoms with van der Waals surface area (Å²) in [5, 5.41) is 3.25. The first kappa shape index (κ1) is 22.1. The van der Waals surface area contributed by atoms with Gasteiger partial charge in [0.1, 0.15) is 5.69 Å². The number of carbonyl (C=O) groups excluding carboxylic acids is 1. The molecule has 0 spiro atoms. The van der Waals surface area contributed by atoms with Crippen LogP contribution in [0.4, 0.5) is 0 Å². The molecule has 0 bridgehead atoms. The van der Waals surface area contributed by atoms with E-state index < -0.39 is 0 Å². The second-order valence-electron chi connectivity index (χ2n) is 9.67. The first-order valence-electron chi connectivity index (χ1n) is 12.3. The molecule has 168 valence electrons. The molecule has 4 heteroatoms. The van der Waals surface area contributed by atoms with Crippen molar-refractivity contribution in [3.05, 3.63) is 57.9 Å². The monoisotopic (exact) mass is 421 g/mol. The van der Waals surface area contributed by atoms with Crippen LogP contribution in [-0.4, -0.2) is 41.1 Å². The summed E-state index contributed by atoms with van der Waals surface area (Å²) in [4.78, 5) is 15.9. The van der Waals surface area contributed by atoms with E-state index in [-0.39, 0.29) is 5.91 Å². The van der Waals surface area contributed by atoms with E-state index >= 15 is 0 Å². The summed E-state index contributed by atoms with van der Waals surface area (Å²) in [6.45, 7) is 10.4. The number of rotatable bonds is 7. The molecule has 0 saturated carbocycles. The summed E-state index contributed by atoms with van der Waals surface area (Å²) in [7, 11) is 0. The van der Waals surface area contributed by atoms with Crippen molar-refractivity contribution in [1.29, 1.82) is 0 Å². The van der Waals surface area contributed by atoms with Gasteiger partial charge >= 0.3 is 0 Å². The number of carbonyl (C=O) groups is 1. The predicted molar refractivity (Wildman–Crippen MR) is 128 cm³/mol. The summed E-state index contributed by atoms with van der Waals surface area (Å²) in [5.41, 5.74) is 7.43. The normalized spacial score (nSPS) is 19.3. The molecule has 1 aliphatic carbocycles. The lowest BCUT2D eigenvalue weighted by Gasteiger charge is -2.33. The van der Waals surface area contributed by atoms with E-state index in [0.717, 1.165) is 44.6 Å². The van der Waals surface area contributed by atoms with Crippen LogP contribution in [0.15, 0.2) is 24.3 Å². The number of likely N-dealkylation sites (tertiary alicyclic amines) is 1. The van der Waals surface area contributed by atoms with E-state index in [1.807, 2.05) is 0 Å². The number of amides is 1. The van der Waals surface area contributed by atoms with Crippen LogP contribution in [0.3, 0.4) is 0 Å². The van der Waals surface area contributed by atoms with Crippen LogP contribution in [0, 0.1) is 13.8 Å². The van der Waals surface area contributed by atoms with Crippen molar-refractivity contribution in [2.24, 2.45) is 0 Å². The van der Waals surface area contributed by atoms with E-state index in [1.54, 1.807) is 0 Å². The Balaban J connectivity index is 1.46. The molecule has 1 unspecified atom stereocenters. The maximum absolute atomic E-state index is 13.3. The Morgan fingerprint density at radius 3 is 2.61 bits per heavy atom. The lowest BCUT2D eigenvalue weighted by molar-refractivity contribution is 0.0939. The number of fused-ring (bicyclic) bond motifs is 1. The largest absolute Gasteiger partial charge is 0.351 e. The quantitative estimate of drug-likeness (QED) is 0.637. The van der Waals surface area contributed by atoms with Crippen molar-refractivity contribution in [1.82, 2.24) is 14.8 Å². The van der Waals surface area contributed by atoms with Gasteiger partial charge in [0, 0.05) is 31.4 Å². The van der Waals surface area contributed by atoms with Gasteiger partial charge in [0.25, 0.3) is 5.91 Å². The lowest BCUT2D eigenvalue weighted by atomic mass is 9.95. The molecule has 1 N–H and O–H groups in total. The third-order valence-corrected chi connectivity index (χ3v) is 7.37. The Bertz CT molecular complexity index is 896. The maximum atomic E-state index is 13.3. The highest BCUT2D eigenvalue weighted by Gasteiger charge is 2.26. The highest BCUT2D eigenvalue weighted by atomic mass is 16.1. The standard InChI is InChI=1S/C27H39N3O/c1-20-12-14-23(15-13-20)19-30-25-11-5-4-10-24(25)22(3)26(30)27(31)28-16-8-18-29-17-7-6-9-21(29)2/h12-15,21H,4-11,16-19H2,1-3H3,(H,28,31). The second-order valence-corrected chi connectivity index (χ2v) is 9.67. The minimum atomic E-state index is 0.103. The van der Waals surface area contributed by atoms with Crippen LogP contribution in [0.1, 0.15) is 83.9 Å². The molecule has 2 aromatic rings. The van der Waals surface area contributed by atoms with Gasteiger partial charge in [-0.3, -0.25) is 4.79 Å². The Hall–Kier alpha value is -2.07. The van der Waals surface area contributed by atoms with E-state index in [9.17, 15) is 4.79 Å². The Labute approximate surface area is 188 Å². The van der Waals surface area contributed by atoms with Crippen molar-refractivity contribution in [2.75, 3.05) is 19.6 Å². The summed E-state index contributed by atoms with van der Waals surface area (Å²) >= 11 is 0. The Morgan fingerprint density at radius 1 is 1.06 bits per heavy atom. The number of hydrogen-bond donors (Lipinski definition) is 1. The zero-order chi connectivity index (χ0) is 21.8. The molecule has 1 aromatic carbocycles. The third kappa shape index (κ3) is 5.06. The average Bonchev–Trinajstić information content (AvgIpc) is 3.06. The topological polar surface area (TPSA) is 37.3 Å². The number of nitrogens with zero attached hydrogens (tertiary/aromatic N) is 2. The van der Waals surface area contributed by atoms with Crippen LogP contribution >= 0.6 is 0 Å². The number of piperidine rings is 1. The number of nitrogens with one attached hydrogen (secondary N) is 1. The number of aryl methyl sites for hydroxylation is 1. The average molecular weight is 422 g/mol. The van der Waals surface area contributed by atoms with E-state index in [0.29, 0.717) is 6.04 Å². The highest BCUT2D eigenvalue weighted by molar-refractivity contribution is 5.95. The maximum Gasteiger partial charge on any atom is 0.268 e. The minimum Gasteiger partial charge on any atom is -0.351 e. The van der Waals surface area contributed by atoms with E-state index in [2.05, 4.69) is 59.8 Å². The van der Waals surface area contributed by atoms with Crippen LogP contribution in [0.25, 0.3) is 0 Å². The van der Waals surface area contributed by atoms with Gasteiger partial charge in [-0.25, -0.2) is 0 Å². The van der Waals surface area contributed by atoms with Crippen LogP contribution < -0.4 is 5.32 Å². The molecule has 2 heterocycles. The molecule has 1 aliphatic heterocycles. The minimum absolute atomic E-state index is 0.103. The Morgan fingerprint density at radius 2 is 1.84 bits per heavy atom. The van der Waals surface area contributed by atoms with Gasteiger partial charge in [-0.15, -0.1) is 0 Å². The molecule has 1 fully saturated rings. The molecular formula is C27H39N3O. The summed E-state index contributed by atoms with van der Waals surface area (Å²) in [6, 6.07) is 9.41. The van der Waals surface area contributed by atoms with Crippen molar-refractivity contribution >= 4 is 5.91 Å². The molecule has 4 rings (SSSR count). The fraction of sp³-hybridized carbons (Fsp3) is 0.593. The molecule has 1 saturated heterocycles. The highest BCUT2D eigenvalue weighted by Crippen LogP contribution is 2.30. The zero-order valence-corrected chi connectivity index (χ0v) is 19.7.